The number of benzene rings is 3. The van der Waals surface area contributed by atoms with E-state index in [1.165, 1.54) is 11.8 Å². The van der Waals surface area contributed by atoms with Gasteiger partial charge in [0.2, 0.25) is 29.5 Å². The molecule has 0 aliphatic carbocycles. The van der Waals surface area contributed by atoms with E-state index in [0.717, 1.165) is 27.8 Å². The lowest BCUT2D eigenvalue weighted by Crippen LogP contribution is -2.60. The fourth-order valence-electron chi connectivity index (χ4n) is 6.17. The summed E-state index contributed by atoms with van der Waals surface area (Å²) in [6, 6.07) is 21.0. The van der Waals surface area contributed by atoms with Crippen LogP contribution in [0.15, 0.2) is 83.9 Å². The van der Waals surface area contributed by atoms with Crippen molar-refractivity contribution in [3.8, 4) is 11.1 Å². The Bertz CT molecular complexity index is 1720. The lowest BCUT2D eigenvalue weighted by Gasteiger charge is -2.37. The Balaban J connectivity index is 1.65. The molecular weight excluding hydrogens is 648 g/mol. The van der Waals surface area contributed by atoms with Gasteiger partial charge in [0.15, 0.2) is 5.96 Å². The van der Waals surface area contributed by atoms with Crippen LogP contribution in [-0.4, -0.2) is 71.1 Å². The third-order valence-corrected chi connectivity index (χ3v) is 8.86. The molecule has 0 aromatic heterocycles. The lowest BCUT2D eigenvalue weighted by atomic mass is 9.92. The molecule has 0 bridgehead atoms. The summed E-state index contributed by atoms with van der Waals surface area (Å²) in [5, 5.41) is 8.29. The molecule has 0 fully saturated rings. The van der Waals surface area contributed by atoms with Crippen molar-refractivity contribution in [2.75, 3.05) is 6.54 Å². The Labute approximate surface area is 298 Å². The smallest absolute Gasteiger partial charge is 0.246 e. The average Bonchev–Trinajstić information content (AvgIpc) is 3.10. The number of carbonyl (C=O) groups excluding carboxylic acids is 5. The molecule has 1 heterocycles. The standard InChI is InChI=1S/C38H48N8O5/c1-23(2)33(43-24(3)47)36(50)44-30(14-9-19-42-38(40)41)35(49)45-31(20-25-15-17-27(18-16-25)26-10-5-4-6-11-26)37(51)46-22-29-13-8-7-12-28(29)21-32(46)34(39)48/h4-8,10-13,15-18,23,30-33H,9,14,19-22H2,1-3H3,(H2,39,48)(H,43,47)(H,44,50)(H,45,49)(H4,40,41,42)/t30-,31+,32-,33-/m0/s1. The Hall–Kier alpha value is -5.72. The van der Waals surface area contributed by atoms with Gasteiger partial charge < -0.3 is 38.1 Å². The van der Waals surface area contributed by atoms with E-state index >= 15 is 0 Å². The maximum Gasteiger partial charge on any atom is 0.246 e. The van der Waals surface area contributed by atoms with Crippen LogP contribution < -0.4 is 33.2 Å². The summed E-state index contributed by atoms with van der Waals surface area (Å²) in [5.41, 5.74) is 21.4. The van der Waals surface area contributed by atoms with Crippen molar-refractivity contribution in [1.82, 2.24) is 20.9 Å². The largest absolute Gasteiger partial charge is 0.370 e. The molecule has 0 saturated carbocycles. The molecule has 0 saturated heterocycles. The highest BCUT2D eigenvalue weighted by atomic mass is 16.2. The molecule has 1 aliphatic heterocycles. The zero-order valence-corrected chi connectivity index (χ0v) is 29.3. The van der Waals surface area contributed by atoms with Crippen LogP contribution in [0, 0.1) is 5.92 Å². The molecule has 1 aliphatic rings. The van der Waals surface area contributed by atoms with Crippen molar-refractivity contribution in [3.63, 3.8) is 0 Å². The van der Waals surface area contributed by atoms with Gasteiger partial charge in [0.05, 0.1) is 0 Å². The normalized spacial score (nSPS) is 15.5. The van der Waals surface area contributed by atoms with Gasteiger partial charge in [-0.1, -0.05) is 92.7 Å². The Morgan fingerprint density at radius 3 is 2.00 bits per heavy atom. The van der Waals surface area contributed by atoms with E-state index in [-0.39, 0.29) is 44.2 Å². The van der Waals surface area contributed by atoms with Crippen LogP contribution >= 0.6 is 0 Å². The molecule has 9 N–H and O–H groups in total. The first-order valence-corrected chi connectivity index (χ1v) is 17.1. The number of primary amides is 1. The van der Waals surface area contributed by atoms with Gasteiger partial charge in [0.25, 0.3) is 0 Å². The molecule has 13 heteroatoms. The Morgan fingerprint density at radius 1 is 0.784 bits per heavy atom. The van der Waals surface area contributed by atoms with Gasteiger partial charge in [-0.25, -0.2) is 0 Å². The number of nitrogens with two attached hydrogens (primary N) is 3. The number of carbonyl (C=O) groups is 5. The maximum absolute atomic E-state index is 14.5. The molecule has 3 aromatic carbocycles. The van der Waals surface area contributed by atoms with Crippen LogP contribution in [0.4, 0.5) is 0 Å². The second kappa shape index (κ2) is 17.8. The van der Waals surface area contributed by atoms with Crippen LogP contribution in [-0.2, 0) is 43.4 Å². The van der Waals surface area contributed by atoms with Gasteiger partial charge in [-0.3, -0.25) is 29.0 Å². The monoisotopic (exact) mass is 696 g/mol. The van der Waals surface area contributed by atoms with Crippen molar-refractivity contribution in [3.05, 3.63) is 95.6 Å². The first kappa shape index (κ1) is 38.1. The molecule has 4 atom stereocenters. The van der Waals surface area contributed by atoms with Gasteiger partial charge >= 0.3 is 0 Å². The molecule has 0 radical (unpaired) electrons. The number of guanidine groups is 1. The summed E-state index contributed by atoms with van der Waals surface area (Å²) < 4.78 is 0. The number of rotatable bonds is 15. The van der Waals surface area contributed by atoms with Gasteiger partial charge in [-0.15, -0.1) is 0 Å². The molecule has 4 rings (SSSR count). The Kier molecular flexibility index (Phi) is 13.3. The number of nitrogens with zero attached hydrogens (tertiary/aromatic N) is 2. The quantitative estimate of drug-likeness (QED) is 0.0782. The predicted molar refractivity (Wildman–Crippen MR) is 195 cm³/mol. The zero-order valence-electron chi connectivity index (χ0n) is 29.3. The summed E-state index contributed by atoms with van der Waals surface area (Å²) >= 11 is 0. The number of amides is 5. The summed E-state index contributed by atoms with van der Waals surface area (Å²) in [6.07, 6.45) is 0.799. The summed E-state index contributed by atoms with van der Waals surface area (Å²) in [6.45, 7) is 5.19. The number of fused-ring (bicyclic) bond motifs is 1. The van der Waals surface area contributed by atoms with Gasteiger partial charge in [0, 0.05) is 32.9 Å². The number of hydrogen-bond donors (Lipinski definition) is 6. The van der Waals surface area contributed by atoms with E-state index in [0.29, 0.717) is 6.42 Å². The van der Waals surface area contributed by atoms with Crippen LogP contribution in [0.5, 0.6) is 0 Å². The predicted octanol–water partition coefficient (Wildman–Crippen LogP) is 1.52. The van der Waals surface area contributed by atoms with E-state index in [4.69, 9.17) is 17.2 Å². The number of nitrogens with one attached hydrogen (secondary N) is 3. The molecule has 0 spiro atoms. The van der Waals surface area contributed by atoms with Gasteiger partial charge in [-0.05, 0) is 46.6 Å². The van der Waals surface area contributed by atoms with Crippen molar-refractivity contribution in [2.45, 2.75) is 77.2 Å². The van der Waals surface area contributed by atoms with E-state index in [9.17, 15) is 24.0 Å². The third kappa shape index (κ3) is 10.6. The molecule has 13 nitrogen and oxygen atoms in total. The van der Waals surface area contributed by atoms with Crippen LogP contribution in [0.3, 0.4) is 0 Å². The van der Waals surface area contributed by atoms with Crippen molar-refractivity contribution in [1.29, 1.82) is 0 Å². The van der Waals surface area contributed by atoms with Gasteiger partial charge in [-0.2, -0.15) is 0 Å². The average molecular weight is 697 g/mol. The number of aliphatic imine (C=N–C) groups is 1. The second-order valence-electron chi connectivity index (χ2n) is 13.1. The van der Waals surface area contributed by atoms with E-state index in [1.54, 1.807) is 13.8 Å². The molecule has 0 unspecified atom stereocenters. The number of hydrogen-bond acceptors (Lipinski definition) is 6. The minimum Gasteiger partial charge on any atom is -0.370 e. The van der Waals surface area contributed by atoms with Crippen LogP contribution in [0.2, 0.25) is 0 Å². The Morgan fingerprint density at radius 2 is 1.39 bits per heavy atom. The molecular formula is C38H48N8O5. The highest BCUT2D eigenvalue weighted by Crippen LogP contribution is 2.25. The molecule has 3 aromatic rings. The lowest BCUT2D eigenvalue weighted by molar-refractivity contribution is -0.144. The van der Waals surface area contributed by atoms with Crippen molar-refractivity contribution >= 4 is 35.5 Å². The summed E-state index contributed by atoms with van der Waals surface area (Å²) in [7, 11) is 0. The fraction of sp³-hybridized carbons (Fsp3) is 0.368. The van der Waals surface area contributed by atoms with Crippen LogP contribution in [0.1, 0.15) is 50.3 Å². The zero-order chi connectivity index (χ0) is 37.1. The van der Waals surface area contributed by atoms with Crippen LogP contribution in [0.25, 0.3) is 11.1 Å². The van der Waals surface area contributed by atoms with Gasteiger partial charge in [0.1, 0.15) is 24.2 Å². The summed E-state index contributed by atoms with van der Waals surface area (Å²) in [5.74, 6) is -3.10. The maximum atomic E-state index is 14.5. The topological polar surface area (TPSA) is 215 Å². The first-order chi connectivity index (χ1) is 24.3. The molecule has 5 amide bonds. The highest BCUT2D eigenvalue weighted by Gasteiger charge is 2.38. The summed E-state index contributed by atoms with van der Waals surface area (Å²) in [4.78, 5) is 72.0. The fourth-order valence-corrected chi connectivity index (χ4v) is 6.17. The first-order valence-electron chi connectivity index (χ1n) is 17.1. The van der Waals surface area contributed by atoms with Crippen molar-refractivity contribution < 1.29 is 24.0 Å². The minimum atomic E-state index is -1.12. The van der Waals surface area contributed by atoms with E-state index in [2.05, 4.69) is 20.9 Å². The third-order valence-electron chi connectivity index (χ3n) is 8.86. The SMILES string of the molecule is CC(=O)N[C@H](C(=O)N[C@@H](CCCN=C(N)N)C(=O)N[C@H](Cc1ccc(-c2ccccc2)cc1)C(=O)N1Cc2ccccc2C[C@H]1C(N)=O)C(C)C. The molecule has 51 heavy (non-hydrogen) atoms. The van der Waals surface area contributed by atoms with E-state index in [1.807, 2.05) is 78.9 Å². The van der Waals surface area contributed by atoms with E-state index < -0.39 is 53.7 Å². The highest BCUT2D eigenvalue weighted by molar-refractivity contribution is 5.95. The van der Waals surface area contributed by atoms with Crippen molar-refractivity contribution in [2.24, 2.45) is 28.1 Å². The molecule has 270 valence electrons. The minimum absolute atomic E-state index is 0.0957. The second-order valence-corrected chi connectivity index (χ2v) is 13.1.